The number of ether oxygens (including phenoxy) is 1. The number of carbonyl (C=O) groups is 1. The number of methoxy groups -OCH3 is 1. The first-order valence-electron chi connectivity index (χ1n) is 6.60. The average molecular weight is 344 g/mol. The Morgan fingerprint density at radius 3 is 2.81 bits per heavy atom. The lowest BCUT2D eigenvalue weighted by molar-refractivity contribution is -0.107. The second kappa shape index (κ2) is 5.74. The number of fused-ring (bicyclic) bond motifs is 1. The van der Waals surface area contributed by atoms with Crippen LogP contribution in [0.3, 0.4) is 0 Å². The molecule has 4 heteroatoms. The summed E-state index contributed by atoms with van der Waals surface area (Å²) in [5.74, 6) is 0.829. The number of aromatic amines is 1. The van der Waals surface area contributed by atoms with E-state index in [4.69, 9.17) is 4.74 Å². The molecule has 0 aliphatic carbocycles. The third-order valence-corrected chi connectivity index (χ3v) is 3.99. The average Bonchev–Trinajstić information content (AvgIpc) is 2.92. The van der Waals surface area contributed by atoms with Crippen LogP contribution in [0, 0.1) is 0 Å². The fraction of sp³-hybridized carbons (Fsp3) is 0.118. The highest BCUT2D eigenvalue weighted by Crippen LogP contribution is 2.31. The molecule has 3 aromatic rings. The van der Waals surface area contributed by atoms with Crippen molar-refractivity contribution in [3.8, 4) is 17.0 Å². The van der Waals surface area contributed by atoms with Gasteiger partial charge in [0.2, 0.25) is 0 Å². The molecular weight excluding hydrogens is 330 g/mol. The van der Waals surface area contributed by atoms with Crippen LogP contribution in [0.1, 0.15) is 5.56 Å². The molecule has 0 fully saturated rings. The predicted molar refractivity (Wildman–Crippen MR) is 87.8 cm³/mol. The van der Waals surface area contributed by atoms with Crippen molar-refractivity contribution in [1.29, 1.82) is 0 Å². The summed E-state index contributed by atoms with van der Waals surface area (Å²) in [5.41, 5.74) is 4.08. The minimum absolute atomic E-state index is 0.404. The van der Waals surface area contributed by atoms with E-state index in [1.54, 1.807) is 7.11 Å². The molecule has 21 heavy (non-hydrogen) atoms. The number of hydrogen-bond donors (Lipinski definition) is 1. The molecule has 0 amide bonds. The van der Waals surface area contributed by atoms with Gasteiger partial charge in [-0.3, -0.25) is 0 Å². The van der Waals surface area contributed by atoms with Crippen LogP contribution in [-0.4, -0.2) is 18.4 Å². The van der Waals surface area contributed by atoms with E-state index in [1.165, 1.54) is 0 Å². The number of rotatable bonds is 4. The minimum atomic E-state index is 0.404. The summed E-state index contributed by atoms with van der Waals surface area (Å²) in [4.78, 5) is 14.3. The molecule has 0 radical (unpaired) electrons. The van der Waals surface area contributed by atoms with Crippen molar-refractivity contribution >= 4 is 33.1 Å². The van der Waals surface area contributed by atoms with Gasteiger partial charge in [0.1, 0.15) is 12.0 Å². The topological polar surface area (TPSA) is 42.1 Å². The highest BCUT2D eigenvalue weighted by atomic mass is 79.9. The van der Waals surface area contributed by atoms with Gasteiger partial charge in [-0.2, -0.15) is 0 Å². The van der Waals surface area contributed by atoms with Gasteiger partial charge in [-0.15, -0.1) is 0 Å². The van der Waals surface area contributed by atoms with Crippen LogP contribution in [0.2, 0.25) is 0 Å². The quantitative estimate of drug-likeness (QED) is 0.715. The molecule has 2 aromatic carbocycles. The van der Waals surface area contributed by atoms with Crippen molar-refractivity contribution in [1.82, 2.24) is 4.98 Å². The molecule has 3 nitrogen and oxygen atoms in total. The van der Waals surface area contributed by atoms with Crippen LogP contribution >= 0.6 is 15.9 Å². The van der Waals surface area contributed by atoms with Crippen LogP contribution in [0.4, 0.5) is 0 Å². The number of aromatic nitrogens is 1. The van der Waals surface area contributed by atoms with Gasteiger partial charge in [0, 0.05) is 33.1 Å². The lowest BCUT2D eigenvalue weighted by Crippen LogP contribution is -1.91. The van der Waals surface area contributed by atoms with Crippen molar-refractivity contribution in [3.63, 3.8) is 0 Å². The summed E-state index contributed by atoms with van der Waals surface area (Å²) in [6, 6.07) is 13.9. The molecule has 0 bridgehead atoms. The molecule has 0 saturated heterocycles. The number of hydrogen-bond acceptors (Lipinski definition) is 2. The Bertz CT molecular complexity index is 808. The predicted octanol–water partition coefficient (Wildman–Crippen LogP) is 4.35. The fourth-order valence-corrected chi connectivity index (χ4v) is 2.81. The number of H-pyrrole nitrogens is 1. The zero-order valence-corrected chi connectivity index (χ0v) is 13.1. The second-order valence-electron chi connectivity index (χ2n) is 4.81. The van der Waals surface area contributed by atoms with Gasteiger partial charge in [0.15, 0.2) is 0 Å². The van der Waals surface area contributed by atoms with E-state index >= 15 is 0 Å². The number of nitrogens with one attached hydrogen (secondary N) is 1. The third-order valence-electron chi connectivity index (χ3n) is 3.49. The maximum Gasteiger partial charge on any atom is 0.124 e. The summed E-state index contributed by atoms with van der Waals surface area (Å²) in [6.45, 7) is 0. The van der Waals surface area contributed by atoms with E-state index < -0.39 is 0 Å². The second-order valence-corrected chi connectivity index (χ2v) is 5.72. The van der Waals surface area contributed by atoms with Gasteiger partial charge in [-0.05, 0) is 42.0 Å². The summed E-state index contributed by atoms with van der Waals surface area (Å²) in [6.07, 6.45) is 1.33. The van der Waals surface area contributed by atoms with Crippen LogP contribution in [0.5, 0.6) is 5.75 Å². The summed E-state index contributed by atoms with van der Waals surface area (Å²) in [7, 11) is 1.66. The zero-order valence-electron chi connectivity index (χ0n) is 11.5. The van der Waals surface area contributed by atoms with E-state index in [0.717, 1.165) is 44.2 Å². The SMILES string of the molecule is COc1ccc2[nH]c(-c3cc(Br)ccc3CC=O)cc2c1. The molecule has 1 N–H and O–H groups in total. The Morgan fingerprint density at radius 1 is 1.19 bits per heavy atom. The van der Waals surface area contributed by atoms with Gasteiger partial charge >= 0.3 is 0 Å². The first kappa shape index (κ1) is 13.9. The van der Waals surface area contributed by atoms with Crippen LogP contribution < -0.4 is 4.74 Å². The minimum Gasteiger partial charge on any atom is -0.497 e. The standard InChI is InChI=1S/C17H14BrNO2/c1-21-14-4-5-16-12(8-14)9-17(19-16)15-10-13(18)3-2-11(15)6-7-20/h2-5,7-10,19H,6H2,1H3. The smallest absolute Gasteiger partial charge is 0.124 e. The largest absolute Gasteiger partial charge is 0.497 e. The first-order chi connectivity index (χ1) is 10.2. The highest BCUT2D eigenvalue weighted by Gasteiger charge is 2.09. The van der Waals surface area contributed by atoms with E-state index in [9.17, 15) is 4.79 Å². The monoisotopic (exact) mass is 343 g/mol. The number of halogens is 1. The van der Waals surface area contributed by atoms with Crippen molar-refractivity contribution in [2.75, 3.05) is 7.11 Å². The highest BCUT2D eigenvalue weighted by molar-refractivity contribution is 9.10. The molecule has 0 aliphatic heterocycles. The molecule has 0 saturated carbocycles. The third kappa shape index (κ3) is 2.72. The fourth-order valence-electron chi connectivity index (χ4n) is 2.45. The molecule has 3 rings (SSSR count). The Labute approximate surface area is 131 Å². The number of carbonyl (C=O) groups excluding carboxylic acids is 1. The number of benzene rings is 2. The molecule has 0 unspecified atom stereocenters. The van der Waals surface area contributed by atoms with Crippen LogP contribution in [-0.2, 0) is 11.2 Å². The van der Waals surface area contributed by atoms with E-state index in [0.29, 0.717) is 6.42 Å². The first-order valence-corrected chi connectivity index (χ1v) is 7.40. The van der Waals surface area contributed by atoms with E-state index in [2.05, 4.69) is 27.0 Å². The Morgan fingerprint density at radius 2 is 2.05 bits per heavy atom. The molecule has 106 valence electrons. The lowest BCUT2D eigenvalue weighted by atomic mass is 10.0. The molecule has 1 heterocycles. The summed E-state index contributed by atoms with van der Waals surface area (Å²) >= 11 is 3.49. The van der Waals surface area contributed by atoms with Crippen molar-refractivity contribution < 1.29 is 9.53 Å². The van der Waals surface area contributed by atoms with Crippen molar-refractivity contribution in [3.05, 3.63) is 52.5 Å². The Kier molecular flexibility index (Phi) is 3.80. The maximum absolute atomic E-state index is 10.9. The number of aldehydes is 1. The van der Waals surface area contributed by atoms with Crippen LogP contribution in [0.15, 0.2) is 46.9 Å². The van der Waals surface area contributed by atoms with Crippen molar-refractivity contribution in [2.24, 2.45) is 0 Å². The zero-order chi connectivity index (χ0) is 14.8. The maximum atomic E-state index is 10.9. The van der Waals surface area contributed by atoms with Gasteiger partial charge in [-0.1, -0.05) is 22.0 Å². The van der Waals surface area contributed by atoms with Gasteiger partial charge in [0.25, 0.3) is 0 Å². The van der Waals surface area contributed by atoms with Crippen LogP contribution in [0.25, 0.3) is 22.2 Å². The summed E-state index contributed by atoms with van der Waals surface area (Å²) in [5, 5.41) is 1.08. The van der Waals surface area contributed by atoms with Crippen molar-refractivity contribution in [2.45, 2.75) is 6.42 Å². The summed E-state index contributed by atoms with van der Waals surface area (Å²) < 4.78 is 6.24. The molecule has 0 spiro atoms. The molecular formula is C17H14BrNO2. The lowest BCUT2D eigenvalue weighted by Gasteiger charge is -2.06. The van der Waals surface area contributed by atoms with E-state index in [-0.39, 0.29) is 0 Å². The van der Waals surface area contributed by atoms with E-state index in [1.807, 2.05) is 36.4 Å². The molecule has 0 atom stereocenters. The van der Waals surface area contributed by atoms with Gasteiger partial charge < -0.3 is 14.5 Å². The van der Waals surface area contributed by atoms with Gasteiger partial charge in [0.05, 0.1) is 7.11 Å². The Balaban J connectivity index is 2.15. The molecule has 1 aromatic heterocycles. The molecule has 0 aliphatic rings. The van der Waals surface area contributed by atoms with Gasteiger partial charge in [-0.25, -0.2) is 0 Å². The normalized spacial score (nSPS) is 10.8. The Hall–Kier alpha value is -2.07.